The average molecular weight is 268 g/mol. The van der Waals surface area contributed by atoms with Gasteiger partial charge < -0.3 is 14.8 Å². The van der Waals surface area contributed by atoms with Crippen molar-refractivity contribution < 1.29 is 9.47 Å². The van der Waals surface area contributed by atoms with Gasteiger partial charge in [0.2, 0.25) is 0 Å². The Morgan fingerprint density at radius 1 is 1.35 bits per heavy atom. The number of terminal acetylenes is 1. The van der Waals surface area contributed by atoms with Crippen molar-refractivity contribution in [3.8, 4) is 23.8 Å². The number of anilines is 1. The third kappa shape index (κ3) is 2.23. The molecule has 1 aliphatic heterocycles. The van der Waals surface area contributed by atoms with Gasteiger partial charge in [0.1, 0.15) is 19.0 Å². The lowest BCUT2D eigenvalue weighted by atomic mass is 10.1. The van der Waals surface area contributed by atoms with Gasteiger partial charge in [-0.3, -0.25) is 0 Å². The van der Waals surface area contributed by atoms with Crippen LogP contribution < -0.4 is 14.8 Å². The second-order valence-electron chi connectivity index (χ2n) is 4.65. The van der Waals surface area contributed by atoms with Crippen LogP contribution in [0.15, 0.2) is 24.4 Å². The number of ether oxygens (including phenoxy) is 2. The quantitative estimate of drug-likeness (QED) is 0.869. The summed E-state index contributed by atoms with van der Waals surface area (Å²) in [6, 6.07) is 5.87. The molecule has 1 atom stereocenters. The Balaban J connectivity index is 2.07. The van der Waals surface area contributed by atoms with Gasteiger partial charge in [0.05, 0.1) is 6.04 Å². The zero-order valence-electron chi connectivity index (χ0n) is 11.3. The van der Waals surface area contributed by atoms with Gasteiger partial charge in [-0.05, 0) is 30.0 Å². The van der Waals surface area contributed by atoms with Gasteiger partial charge in [-0.15, -0.1) is 6.42 Å². The minimum absolute atomic E-state index is 0.0266. The molecule has 0 radical (unpaired) electrons. The third-order valence-electron chi connectivity index (χ3n) is 3.35. The molecule has 102 valence electrons. The second kappa shape index (κ2) is 5.30. The first-order valence-corrected chi connectivity index (χ1v) is 6.73. The lowest BCUT2D eigenvalue weighted by Gasteiger charge is -2.20. The fraction of sp³-hybridized carbons (Fsp3) is 0.312. The van der Waals surface area contributed by atoms with Crippen molar-refractivity contribution in [3.63, 3.8) is 0 Å². The lowest BCUT2D eigenvalue weighted by Crippen LogP contribution is -2.17. The van der Waals surface area contributed by atoms with E-state index in [1.165, 1.54) is 0 Å². The van der Waals surface area contributed by atoms with Crippen molar-refractivity contribution in [1.29, 1.82) is 0 Å². The van der Waals surface area contributed by atoms with Crippen molar-refractivity contribution in [1.82, 2.24) is 4.98 Å². The Morgan fingerprint density at radius 3 is 2.80 bits per heavy atom. The first-order chi connectivity index (χ1) is 9.81. The number of nitrogens with one attached hydrogen (secondary N) is 1. The maximum atomic E-state index is 5.62. The predicted octanol–water partition coefficient (Wildman–Crippen LogP) is 2.83. The van der Waals surface area contributed by atoms with E-state index in [2.05, 4.69) is 16.2 Å². The van der Waals surface area contributed by atoms with E-state index in [0.29, 0.717) is 13.2 Å². The summed E-state index contributed by atoms with van der Waals surface area (Å²) in [6.45, 7) is 3.20. The van der Waals surface area contributed by atoms with Crippen LogP contribution in [0.25, 0.3) is 10.8 Å². The summed E-state index contributed by atoms with van der Waals surface area (Å²) in [4.78, 5) is 4.39. The molecule has 0 saturated carbocycles. The third-order valence-corrected chi connectivity index (χ3v) is 3.35. The molecule has 1 aromatic heterocycles. The molecule has 0 amide bonds. The Labute approximate surface area is 118 Å². The summed E-state index contributed by atoms with van der Waals surface area (Å²) < 4.78 is 11.2. The molecule has 1 aliphatic rings. The Kier molecular flexibility index (Phi) is 3.34. The van der Waals surface area contributed by atoms with E-state index in [9.17, 15) is 0 Å². The topological polar surface area (TPSA) is 43.4 Å². The normalized spacial score (nSPS) is 14.6. The Bertz CT molecular complexity index is 676. The zero-order chi connectivity index (χ0) is 13.9. The van der Waals surface area contributed by atoms with Gasteiger partial charge in [0.15, 0.2) is 11.5 Å². The van der Waals surface area contributed by atoms with Gasteiger partial charge in [-0.25, -0.2) is 4.98 Å². The monoisotopic (exact) mass is 268 g/mol. The molecule has 0 bridgehead atoms. The number of fused-ring (bicyclic) bond motifs is 2. The second-order valence-corrected chi connectivity index (χ2v) is 4.65. The number of aromatic nitrogens is 1. The number of benzene rings is 1. The first-order valence-electron chi connectivity index (χ1n) is 6.73. The first kappa shape index (κ1) is 12.6. The van der Waals surface area contributed by atoms with Gasteiger partial charge in [0, 0.05) is 11.6 Å². The van der Waals surface area contributed by atoms with Crippen molar-refractivity contribution in [2.75, 3.05) is 18.5 Å². The molecule has 1 N–H and O–H groups in total. The van der Waals surface area contributed by atoms with Crippen LogP contribution in [0.1, 0.15) is 13.3 Å². The van der Waals surface area contributed by atoms with E-state index in [1.54, 1.807) is 6.20 Å². The molecular formula is C16H16N2O2. The lowest BCUT2D eigenvalue weighted by molar-refractivity contribution is 0.172. The van der Waals surface area contributed by atoms with Crippen LogP contribution in [0.3, 0.4) is 0 Å². The molecule has 20 heavy (non-hydrogen) atoms. The molecule has 1 aromatic carbocycles. The number of nitrogens with zero attached hydrogens (tertiary/aromatic N) is 1. The molecule has 1 unspecified atom stereocenters. The predicted molar refractivity (Wildman–Crippen MR) is 79.3 cm³/mol. The SMILES string of the molecule is C#CC(CC)Nc1nccc2cc3c(cc12)OCCO3. The van der Waals surface area contributed by atoms with E-state index in [1.807, 2.05) is 25.1 Å². The summed E-state index contributed by atoms with van der Waals surface area (Å²) >= 11 is 0. The molecule has 0 fully saturated rings. The molecule has 4 nitrogen and oxygen atoms in total. The molecule has 3 rings (SSSR count). The van der Waals surface area contributed by atoms with Crippen molar-refractivity contribution in [3.05, 3.63) is 24.4 Å². The van der Waals surface area contributed by atoms with Crippen LogP contribution in [-0.2, 0) is 0 Å². The van der Waals surface area contributed by atoms with Gasteiger partial charge >= 0.3 is 0 Å². The fourth-order valence-corrected chi connectivity index (χ4v) is 2.25. The summed E-state index contributed by atoms with van der Waals surface area (Å²) in [7, 11) is 0. The summed E-state index contributed by atoms with van der Waals surface area (Å²) in [5, 5.41) is 5.33. The Hall–Kier alpha value is -2.41. The minimum Gasteiger partial charge on any atom is -0.486 e. The highest BCUT2D eigenvalue weighted by Crippen LogP contribution is 2.36. The maximum absolute atomic E-state index is 5.62. The smallest absolute Gasteiger partial charge is 0.162 e. The average Bonchev–Trinajstić information content (AvgIpc) is 2.50. The van der Waals surface area contributed by atoms with Crippen LogP contribution >= 0.6 is 0 Å². The van der Waals surface area contributed by atoms with E-state index in [0.717, 1.165) is 34.5 Å². The number of pyridine rings is 1. The highest BCUT2D eigenvalue weighted by Gasteiger charge is 2.15. The summed E-state index contributed by atoms with van der Waals surface area (Å²) in [5.41, 5.74) is 0. The maximum Gasteiger partial charge on any atom is 0.162 e. The van der Waals surface area contributed by atoms with Crippen LogP contribution in [0.2, 0.25) is 0 Å². The summed E-state index contributed by atoms with van der Waals surface area (Å²) in [6.07, 6.45) is 8.12. The van der Waals surface area contributed by atoms with E-state index < -0.39 is 0 Å². The summed E-state index contributed by atoms with van der Waals surface area (Å²) in [5.74, 6) is 5.04. The van der Waals surface area contributed by atoms with E-state index in [4.69, 9.17) is 15.9 Å². The van der Waals surface area contributed by atoms with Gasteiger partial charge in [0.25, 0.3) is 0 Å². The largest absolute Gasteiger partial charge is 0.486 e. The minimum atomic E-state index is -0.0266. The highest BCUT2D eigenvalue weighted by atomic mass is 16.6. The molecule has 0 spiro atoms. The van der Waals surface area contributed by atoms with Crippen LogP contribution in [0, 0.1) is 12.3 Å². The van der Waals surface area contributed by atoms with E-state index >= 15 is 0 Å². The highest BCUT2D eigenvalue weighted by molar-refractivity contribution is 5.94. The van der Waals surface area contributed by atoms with Crippen LogP contribution in [0.4, 0.5) is 5.82 Å². The van der Waals surface area contributed by atoms with Crippen molar-refractivity contribution >= 4 is 16.6 Å². The van der Waals surface area contributed by atoms with Crippen LogP contribution in [0.5, 0.6) is 11.5 Å². The standard InChI is InChI=1S/C16H16N2O2/c1-3-12(4-2)18-16-13-10-15-14(19-7-8-20-15)9-11(13)5-6-17-16/h1,5-6,9-10,12H,4,7-8H2,2H3,(H,17,18). The molecule has 2 heterocycles. The van der Waals surface area contributed by atoms with Crippen molar-refractivity contribution in [2.24, 2.45) is 0 Å². The number of hydrogen-bond acceptors (Lipinski definition) is 4. The molecule has 2 aromatic rings. The molecule has 4 heteroatoms. The van der Waals surface area contributed by atoms with Crippen molar-refractivity contribution in [2.45, 2.75) is 19.4 Å². The number of hydrogen-bond donors (Lipinski definition) is 1. The van der Waals surface area contributed by atoms with Gasteiger partial charge in [-0.2, -0.15) is 0 Å². The molecular weight excluding hydrogens is 252 g/mol. The van der Waals surface area contributed by atoms with Crippen LogP contribution in [-0.4, -0.2) is 24.2 Å². The van der Waals surface area contributed by atoms with Gasteiger partial charge in [-0.1, -0.05) is 12.8 Å². The Morgan fingerprint density at radius 2 is 2.10 bits per heavy atom. The zero-order valence-corrected chi connectivity index (χ0v) is 11.3. The number of rotatable bonds is 3. The van der Waals surface area contributed by atoms with E-state index in [-0.39, 0.29) is 6.04 Å². The molecule has 0 saturated heterocycles. The fourth-order valence-electron chi connectivity index (χ4n) is 2.25. The molecule has 0 aliphatic carbocycles.